The van der Waals surface area contributed by atoms with Gasteiger partial charge < -0.3 is 0 Å². The molecule has 0 spiro atoms. The zero-order valence-electron chi connectivity index (χ0n) is 9.23. The minimum atomic E-state index is -0.00529. The van der Waals surface area contributed by atoms with Crippen molar-refractivity contribution in [3.63, 3.8) is 0 Å². The summed E-state index contributed by atoms with van der Waals surface area (Å²) in [5, 5.41) is 4.06. The molecule has 0 aliphatic carbocycles. The van der Waals surface area contributed by atoms with Gasteiger partial charge in [0.1, 0.15) is 0 Å². The van der Waals surface area contributed by atoms with Crippen molar-refractivity contribution in [2.75, 3.05) is 0 Å². The Kier molecular flexibility index (Phi) is 3.15. The molecule has 82 valence electrons. The van der Waals surface area contributed by atoms with Gasteiger partial charge in [0.15, 0.2) is 0 Å². The average molecular weight is 214 g/mol. The third-order valence-corrected chi connectivity index (χ3v) is 2.51. The van der Waals surface area contributed by atoms with E-state index in [1.807, 2.05) is 43.3 Å². The lowest BCUT2D eigenvalue weighted by atomic mass is 10.0. The van der Waals surface area contributed by atoms with E-state index >= 15 is 0 Å². The second-order valence-corrected chi connectivity index (χ2v) is 3.72. The van der Waals surface area contributed by atoms with Crippen LogP contribution in [0.3, 0.4) is 0 Å². The van der Waals surface area contributed by atoms with Crippen LogP contribution in [-0.4, -0.2) is 11.6 Å². The van der Waals surface area contributed by atoms with Crippen LogP contribution >= 0.6 is 0 Å². The van der Waals surface area contributed by atoms with Crippen LogP contribution in [0.4, 0.5) is 0 Å². The second-order valence-electron chi connectivity index (χ2n) is 3.72. The SMILES string of the molecule is C/C=C/c1ccc(C2=NNC(=O)CC2)cc1. The molecule has 1 heterocycles. The summed E-state index contributed by atoms with van der Waals surface area (Å²) in [5.74, 6) is -0.00529. The topological polar surface area (TPSA) is 41.5 Å². The molecule has 0 atom stereocenters. The highest BCUT2D eigenvalue weighted by Gasteiger charge is 2.12. The summed E-state index contributed by atoms with van der Waals surface area (Å²) in [6.07, 6.45) is 5.30. The zero-order chi connectivity index (χ0) is 11.4. The van der Waals surface area contributed by atoms with E-state index in [1.165, 1.54) is 5.56 Å². The van der Waals surface area contributed by atoms with E-state index < -0.39 is 0 Å². The molecule has 0 unspecified atom stereocenters. The summed E-state index contributed by atoms with van der Waals surface area (Å²) >= 11 is 0. The van der Waals surface area contributed by atoms with Crippen LogP contribution in [0.5, 0.6) is 0 Å². The first kappa shape index (κ1) is 10.6. The molecule has 3 heteroatoms. The van der Waals surface area contributed by atoms with Crippen molar-refractivity contribution in [3.8, 4) is 0 Å². The summed E-state index contributed by atoms with van der Waals surface area (Å²) in [7, 11) is 0. The molecule has 1 aromatic carbocycles. The Balaban J connectivity index is 2.18. The highest BCUT2D eigenvalue weighted by atomic mass is 16.2. The van der Waals surface area contributed by atoms with E-state index in [4.69, 9.17) is 0 Å². The Morgan fingerprint density at radius 3 is 2.56 bits per heavy atom. The summed E-state index contributed by atoms with van der Waals surface area (Å²) in [6, 6.07) is 8.17. The van der Waals surface area contributed by atoms with Gasteiger partial charge in [0.2, 0.25) is 5.91 Å². The van der Waals surface area contributed by atoms with Crippen LogP contribution in [0.15, 0.2) is 35.4 Å². The van der Waals surface area contributed by atoms with Gasteiger partial charge in [-0.3, -0.25) is 4.79 Å². The molecule has 0 saturated carbocycles. The average Bonchev–Trinajstić information content (AvgIpc) is 2.32. The molecule has 0 aromatic heterocycles. The van der Waals surface area contributed by atoms with Crippen LogP contribution in [0.25, 0.3) is 6.08 Å². The van der Waals surface area contributed by atoms with Gasteiger partial charge in [0.05, 0.1) is 5.71 Å². The number of hydrogen-bond acceptors (Lipinski definition) is 2. The van der Waals surface area contributed by atoms with E-state index in [0.29, 0.717) is 6.42 Å². The van der Waals surface area contributed by atoms with Crippen molar-refractivity contribution in [2.45, 2.75) is 19.8 Å². The number of nitrogens with zero attached hydrogens (tertiary/aromatic N) is 1. The Labute approximate surface area is 94.9 Å². The van der Waals surface area contributed by atoms with Crippen molar-refractivity contribution in [3.05, 3.63) is 41.5 Å². The first-order valence-corrected chi connectivity index (χ1v) is 5.38. The Bertz CT molecular complexity index is 444. The fourth-order valence-corrected chi connectivity index (χ4v) is 1.66. The van der Waals surface area contributed by atoms with Gasteiger partial charge in [0, 0.05) is 12.8 Å². The van der Waals surface area contributed by atoms with Gasteiger partial charge >= 0.3 is 0 Å². The van der Waals surface area contributed by atoms with E-state index in [1.54, 1.807) is 0 Å². The second kappa shape index (κ2) is 4.75. The molecule has 1 aliphatic heterocycles. The van der Waals surface area contributed by atoms with Crippen molar-refractivity contribution in [1.82, 2.24) is 5.43 Å². The van der Waals surface area contributed by atoms with Gasteiger partial charge in [0.25, 0.3) is 0 Å². The minimum Gasteiger partial charge on any atom is -0.273 e. The first-order chi connectivity index (χ1) is 7.79. The molecule has 0 radical (unpaired) electrons. The lowest BCUT2D eigenvalue weighted by Crippen LogP contribution is -2.25. The summed E-state index contributed by atoms with van der Waals surface area (Å²) in [5.41, 5.74) is 5.71. The zero-order valence-corrected chi connectivity index (χ0v) is 9.23. The van der Waals surface area contributed by atoms with Gasteiger partial charge in [-0.15, -0.1) is 0 Å². The molecule has 2 rings (SSSR count). The van der Waals surface area contributed by atoms with E-state index in [2.05, 4.69) is 10.5 Å². The summed E-state index contributed by atoms with van der Waals surface area (Å²) in [6.45, 7) is 1.99. The van der Waals surface area contributed by atoms with Crippen LogP contribution in [-0.2, 0) is 4.79 Å². The molecule has 1 aliphatic rings. The molecule has 1 aromatic rings. The quantitative estimate of drug-likeness (QED) is 0.806. The number of benzene rings is 1. The predicted octanol–water partition coefficient (Wildman–Crippen LogP) is 2.33. The lowest BCUT2D eigenvalue weighted by molar-refractivity contribution is -0.121. The molecular weight excluding hydrogens is 200 g/mol. The highest BCUT2D eigenvalue weighted by molar-refractivity contribution is 6.04. The number of carbonyl (C=O) groups excluding carboxylic acids is 1. The Morgan fingerprint density at radius 1 is 1.25 bits per heavy atom. The predicted molar refractivity (Wildman–Crippen MR) is 65.1 cm³/mol. The molecule has 3 nitrogen and oxygen atoms in total. The molecule has 16 heavy (non-hydrogen) atoms. The monoisotopic (exact) mass is 214 g/mol. The van der Waals surface area contributed by atoms with Gasteiger partial charge in [-0.2, -0.15) is 5.10 Å². The van der Waals surface area contributed by atoms with Crippen molar-refractivity contribution < 1.29 is 4.79 Å². The number of allylic oxidation sites excluding steroid dienone is 1. The molecule has 0 saturated heterocycles. The maximum Gasteiger partial charge on any atom is 0.240 e. The van der Waals surface area contributed by atoms with Crippen LogP contribution < -0.4 is 5.43 Å². The number of amides is 1. The van der Waals surface area contributed by atoms with Gasteiger partial charge in [-0.05, 0) is 18.1 Å². The van der Waals surface area contributed by atoms with Crippen molar-refractivity contribution in [2.24, 2.45) is 5.10 Å². The maximum absolute atomic E-state index is 11.0. The molecular formula is C13H14N2O. The van der Waals surface area contributed by atoms with Crippen molar-refractivity contribution in [1.29, 1.82) is 0 Å². The third kappa shape index (κ3) is 2.37. The van der Waals surface area contributed by atoms with E-state index in [0.717, 1.165) is 17.7 Å². The Morgan fingerprint density at radius 2 is 2.00 bits per heavy atom. The molecule has 1 amide bonds. The van der Waals surface area contributed by atoms with Crippen LogP contribution in [0, 0.1) is 0 Å². The van der Waals surface area contributed by atoms with Crippen molar-refractivity contribution >= 4 is 17.7 Å². The smallest absolute Gasteiger partial charge is 0.240 e. The standard InChI is InChI=1S/C13H14N2O/c1-2-3-10-4-6-11(7-5-10)12-8-9-13(16)15-14-12/h2-7H,8-9H2,1H3,(H,15,16)/b3-2+. The Hall–Kier alpha value is -1.90. The third-order valence-electron chi connectivity index (χ3n) is 2.51. The normalized spacial score (nSPS) is 16.1. The van der Waals surface area contributed by atoms with Gasteiger partial charge in [-0.1, -0.05) is 36.4 Å². The van der Waals surface area contributed by atoms with Crippen LogP contribution in [0.1, 0.15) is 30.9 Å². The fourth-order valence-electron chi connectivity index (χ4n) is 1.66. The first-order valence-electron chi connectivity index (χ1n) is 5.38. The van der Waals surface area contributed by atoms with Gasteiger partial charge in [-0.25, -0.2) is 5.43 Å². The summed E-state index contributed by atoms with van der Waals surface area (Å²) in [4.78, 5) is 11.0. The maximum atomic E-state index is 11.0. The number of rotatable bonds is 2. The number of hydrogen-bond donors (Lipinski definition) is 1. The van der Waals surface area contributed by atoms with E-state index in [-0.39, 0.29) is 5.91 Å². The molecule has 0 bridgehead atoms. The summed E-state index contributed by atoms with van der Waals surface area (Å²) < 4.78 is 0. The number of carbonyl (C=O) groups is 1. The molecule has 0 fully saturated rings. The fraction of sp³-hybridized carbons (Fsp3) is 0.231. The minimum absolute atomic E-state index is 0.00529. The highest BCUT2D eigenvalue weighted by Crippen LogP contribution is 2.12. The lowest BCUT2D eigenvalue weighted by Gasteiger charge is -2.11. The number of hydrazone groups is 1. The largest absolute Gasteiger partial charge is 0.273 e. The van der Waals surface area contributed by atoms with E-state index in [9.17, 15) is 4.79 Å². The number of nitrogens with one attached hydrogen (secondary N) is 1. The molecule has 1 N–H and O–H groups in total. The van der Waals surface area contributed by atoms with Crippen LogP contribution in [0.2, 0.25) is 0 Å².